The van der Waals surface area contributed by atoms with Crippen LogP contribution in [0.4, 0.5) is 0 Å². The molecule has 0 saturated heterocycles. The van der Waals surface area contributed by atoms with Crippen molar-refractivity contribution in [3.8, 4) is 10.6 Å². The Kier molecular flexibility index (Phi) is 5.09. The molecule has 1 aromatic heterocycles. The first kappa shape index (κ1) is 15.7. The number of carbonyl (C=O) groups excluding carboxylic acids is 1. The molecule has 4 nitrogen and oxygen atoms in total. The Labute approximate surface area is 128 Å². The maximum absolute atomic E-state index is 11.7. The number of nitrogens with one attached hydrogen (secondary N) is 1. The smallest absolute Gasteiger partial charge is 0.220 e. The van der Waals surface area contributed by atoms with E-state index in [1.807, 2.05) is 35.7 Å². The molecule has 0 aliphatic heterocycles. The third-order valence-corrected chi connectivity index (χ3v) is 3.84. The highest BCUT2D eigenvalue weighted by Gasteiger charge is 2.14. The number of aryl methyl sites for hydroxylation is 1. The molecule has 0 saturated carbocycles. The van der Waals surface area contributed by atoms with Crippen molar-refractivity contribution in [3.63, 3.8) is 0 Å². The van der Waals surface area contributed by atoms with Gasteiger partial charge < -0.3 is 10.4 Å². The van der Waals surface area contributed by atoms with E-state index in [2.05, 4.69) is 10.3 Å². The van der Waals surface area contributed by atoms with Crippen molar-refractivity contribution in [3.05, 3.63) is 41.4 Å². The van der Waals surface area contributed by atoms with Crippen molar-refractivity contribution in [2.45, 2.75) is 32.3 Å². The molecule has 0 spiro atoms. The van der Waals surface area contributed by atoms with Crippen LogP contribution >= 0.6 is 11.3 Å². The second kappa shape index (κ2) is 6.83. The van der Waals surface area contributed by atoms with Gasteiger partial charge in [0.1, 0.15) is 5.01 Å². The Morgan fingerprint density at radius 2 is 2.05 bits per heavy atom. The van der Waals surface area contributed by atoms with Crippen molar-refractivity contribution >= 4 is 17.2 Å². The quantitative estimate of drug-likeness (QED) is 0.862. The molecule has 0 atom stereocenters. The summed E-state index contributed by atoms with van der Waals surface area (Å²) >= 11 is 1.59. The van der Waals surface area contributed by atoms with Crippen LogP contribution in [0.25, 0.3) is 10.6 Å². The van der Waals surface area contributed by atoms with Crippen LogP contribution in [0, 0.1) is 0 Å². The van der Waals surface area contributed by atoms with E-state index in [9.17, 15) is 9.90 Å². The zero-order chi connectivity index (χ0) is 15.3. The standard InChI is InChI=1S/C16H20N2O2S/c1-16(2,20)11-17-14(19)9-8-13-10-21-15(18-13)12-6-4-3-5-7-12/h3-7,10,20H,8-9,11H2,1-2H3,(H,17,19). The molecule has 0 radical (unpaired) electrons. The highest BCUT2D eigenvalue weighted by atomic mass is 32.1. The minimum atomic E-state index is -0.878. The number of aliphatic hydroxyl groups is 1. The normalized spacial score (nSPS) is 11.4. The van der Waals surface area contributed by atoms with Crippen LogP contribution in [0.1, 0.15) is 26.0 Å². The van der Waals surface area contributed by atoms with Gasteiger partial charge in [0.25, 0.3) is 0 Å². The third-order valence-electron chi connectivity index (χ3n) is 2.90. The maximum atomic E-state index is 11.7. The molecule has 0 aliphatic carbocycles. The molecule has 2 N–H and O–H groups in total. The van der Waals surface area contributed by atoms with E-state index in [1.165, 1.54) is 0 Å². The number of hydrogen-bond acceptors (Lipinski definition) is 4. The monoisotopic (exact) mass is 304 g/mol. The molecule has 2 rings (SSSR count). The zero-order valence-electron chi connectivity index (χ0n) is 12.3. The first-order valence-corrected chi connectivity index (χ1v) is 7.81. The van der Waals surface area contributed by atoms with Crippen LogP contribution in [0.15, 0.2) is 35.7 Å². The summed E-state index contributed by atoms with van der Waals surface area (Å²) in [5.41, 5.74) is 1.15. The molecule has 0 bridgehead atoms. The van der Waals surface area contributed by atoms with Gasteiger partial charge in [-0.15, -0.1) is 11.3 Å². The predicted molar refractivity (Wildman–Crippen MR) is 85.2 cm³/mol. The zero-order valence-corrected chi connectivity index (χ0v) is 13.1. The number of nitrogens with zero attached hydrogens (tertiary/aromatic N) is 1. The van der Waals surface area contributed by atoms with Gasteiger partial charge in [0.05, 0.1) is 11.3 Å². The summed E-state index contributed by atoms with van der Waals surface area (Å²) in [7, 11) is 0. The van der Waals surface area contributed by atoms with E-state index in [0.717, 1.165) is 16.3 Å². The Morgan fingerprint density at radius 1 is 1.33 bits per heavy atom. The predicted octanol–water partition coefficient (Wildman–Crippen LogP) is 2.63. The first-order valence-electron chi connectivity index (χ1n) is 6.93. The molecule has 1 heterocycles. The number of carbonyl (C=O) groups is 1. The van der Waals surface area contributed by atoms with Crippen LogP contribution in [0.2, 0.25) is 0 Å². The minimum Gasteiger partial charge on any atom is -0.389 e. The molecule has 0 unspecified atom stereocenters. The Balaban J connectivity index is 1.85. The SMILES string of the molecule is CC(C)(O)CNC(=O)CCc1csc(-c2ccccc2)n1. The summed E-state index contributed by atoms with van der Waals surface area (Å²) in [4.78, 5) is 16.2. The number of benzene rings is 1. The Morgan fingerprint density at radius 3 is 2.71 bits per heavy atom. The van der Waals surface area contributed by atoms with E-state index < -0.39 is 5.60 Å². The van der Waals surface area contributed by atoms with E-state index in [-0.39, 0.29) is 12.5 Å². The molecule has 1 amide bonds. The van der Waals surface area contributed by atoms with E-state index in [0.29, 0.717) is 12.8 Å². The van der Waals surface area contributed by atoms with Gasteiger partial charge in [0.2, 0.25) is 5.91 Å². The summed E-state index contributed by atoms with van der Waals surface area (Å²) in [5, 5.41) is 15.2. The lowest BCUT2D eigenvalue weighted by Gasteiger charge is -2.17. The molecule has 112 valence electrons. The van der Waals surface area contributed by atoms with Crippen molar-refractivity contribution in [1.29, 1.82) is 0 Å². The number of rotatable bonds is 6. The van der Waals surface area contributed by atoms with Gasteiger partial charge in [-0.1, -0.05) is 30.3 Å². The molecule has 0 fully saturated rings. The van der Waals surface area contributed by atoms with Gasteiger partial charge in [-0.3, -0.25) is 4.79 Å². The van der Waals surface area contributed by atoms with Crippen molar-refractivity contribution in [1.82, 2.24) is 10.3 Å². The van der Waals surface area contributed by atoms with Crippen LogP contribution in [0.3, 0.4) is 0 Å². The summed E-state index contributed by atoms with van der Waals surface area (Å²) < 4.78 is 0. The summed E-state index contributed by atoms with van der Waals surface area (Å²) in [6.45, 7) is 3.60. The van der Waals surface area contributed by atoms with Crippen molar-refractivity contribution in [2.75, 3.05) is 6.54 Å². The topological polar surface area (TPSA) is 62.2 Å². The van der Waals surface area contributed by atoms with Gasteiger partial charge >= 0.3 is 0 Å². The second-order valence-electron chi connectivity index (χ2n) is 5.60. The number of thiazole rings is 1. The molecular weight excluding hydrogens is 284 g/mol. The van der Waals surface area contributed by atoms with Gasteiger partial charge in [0, 0.05) is 23.9 Å². The van der Waals surface area contributed by atoms with Crippen molar-refractivity contribution < 1.29 is 9.90 Å². The van der Waals surface area contributed by atoms with Crippen molar-refractivity contribution in [2.24, 2.45) is 0 Å². The lowest BCUT2D eigenvalue weighted by Crippen LogP contribution is -2.38. The van der Waals surface area contributed by atoms with Crippen LogP contribution in [-0.2, 0) is 11.2 Å². The van der Waals surface area contributed by atoms with Crippen LogP contribution in [0.5, 0.6) is 0 Å². The fourth-order valence-corrected chi connectivity index (χ4v) is 2.64. The highest BCUT2D eigenvalue weighted by Crippen LogP contribution is 2.23. The van der Waals surface area contributed by atoms with Gasteiger partial charge in [-0.25, -0.2) is 4.98 Å². The Hall–Kier alpha value is -1.72. The van der Waals surface area contributed by atoms with Gasteiger partial charge in [0.15, 0.2) is 0 Å². The largest absolute Gasteiger partial charge is 0.389 e. The lowest BCUT2D eigenvalue weighted by molar-refractivity contribution is -0.122. The van der Waals surface area contributed by atoms with E-state index in [1.54, 1.807) is 25.2 Å². The lowest BCUT2D eigenvalue weighted by atomic mass is 10.1. The minimum absolute atomic E-state index is 0.0635. The summed E-state index contributed by atoms with van der Waals surface area (Å²) in [6.07, 6.45) is 0.995. The maximum Gasteiger partial charge on any atom is 0.220 e. The molecule has 21 heavy (non-hydrogen) atoms. The summed E-state index contributed by atoms with van der Waals surface area (Å²) in [6, 6.07) is 10.0. The highest BCUT2D eigenvalue weighted by molar-refractivity contribution is 7.13. The fraction of sp³-hybridized carbons (Fsp3) is 0.375. The fourth-order valence-electron chi connectivity index (χ4n) is 1.78. The Bertz CT molecular complexity index is 588. The molecule has 0 aliphatic rings. The molecule has 2 aromatic rings. The summed E-state index contributed by atoms with van der Waals surface area (Å²) in [5.74, 6) is -0.0635. The van der Waals surface area contributed by atoms with Crippen LogP contribution in [-0.4, -0.2) is 28.1 Å². The molecular formula is C16H20N2O2S. The second-order valence-corrected chi connectivity index (χ2v) is 6.46. The number of aromatic nitrogens is 1. The van der Waals surface area contributed by atoms with E-state index in [4.69, 9.17) is 0 Å². The molecule has 5 heteroatoms. The average molecular weight is 304 g/mol. The number of amides is 1. The number of hydrogen-bond donors (Lipinski definition) is 2. The van der Waals surface area contributed by atoms with Gasteiger partial charge in [-0.05, 0) is 20.3 Å². The average Bonchev–Trinajstić information content (AvgIpc) is 2.92. The first-order chi connectivity index (χ1) is 9.94. The van der Waals surface area contributed by atoms with Gasteiger partial charge in [-0.2, -0.15) is 0 Å². The van der Waals surface area contributed by atoms with Crippen LogP contribution < -0.4 is 5.32 Å². The van der Waals surface area contributed by atoms with E-state index >= 15 is 0 Å². The third kappa shape index (κ3) is 5.28. The molecule has 1 aromatic carbocycles.